The highest BCUT2D eigenvalue weighted by Crippen LogP contribution is 2.08. The van der Waals surface area contributed by atoms with Crippen LogP contribution >= 0.6 is 11.6 Å². The fourth-order valence-corrected chi connectivity index (χ4v) is 1.54. The smallest absolute Gasteiger partial charge is 0.278 e. The van der Waals surface area contributed by atoms with Crippen molar-refractivity contribution in [1.29, 1.82) is 0 Å². The number of rotatable bonds is 4. The maximum atomic E-state index is 11.8. The van der Waals surface area contributed by atoms with Gasteiger partial charge >= 0.3 is 0 Å². The van der Waals surface area contributed by atoms with Crippen molar-refractivity contribution in [3.63, 3.8) is 0 Å². The van der Waals surface area contributed by atoms with Crippen LogP contribution in [0.2, 0.25) is 5.15 Å². The van der Waals surface area contributed by atoms with Gasteiger partial charge in [0.05, 0.1) is 6.33 Å². The van der Waals surface area contributed by atoms with Crippen LogP contribution in [-0.2, 0) is 11.3 Å². The zero-order valence-electron chi connectivity index (χ0n) is 9.81. The predicted octanol–water partition coefficient (Wildman–Crippen LogP) is 0.347. The monoisotopic (exact) mass is 258 g/mol. The summed E-state index contributed by atoms with van der Waals surface area (Å²) in [5, 5.41) is -0.0402. The number of amides is 1. The van der Waals surface area contributed by atoms with Crippen LogP contribution in [-0.4, -0.2) is 33.4 Å². The molecule has 0 atom stereocenters. The Morgan fingerprint density at radius 3 is 2.65 bits per heavy atom. The SMILES string of the molecule is CCN(CC)C(=O)Cn1cnc(Cl)c(N)c1=O. The van der Waals surface area contributed by atoms with Crippen molar-refractivity contribution in [1.82, 2.24) is 14.5 Å². The van der Waals surface area contributed by atoms with Crippen LogP contribution in [0, 0.1) is 0 Å². The summed E-state index contributed by atoms with van der Waals surface area (Å²) in [6.45, 7) is 4.87. The third-order valence-electron chi connectivity index (χ3n) is 2.45. The number of halogens is 1. The van der Waals surface area contributed by atoms with Crippen LogP contribution in [0.3, 0.4) is 0 Å². The van der Waals surface area contributed by atoms with Gasteiger partial charge in [0.25, 0.3) is 5.56 Å². The molecule has 7 heteroatoms. The van der Waals surface area contributed by atoms with Gasteiger partial charge in [0.15, 0.2) is 5.15 Å². The first kappa shape index (κ1) is 13.5. The number of nitrogens with zero attached hydrogens (tertiary/aromatic N) is 3. The highest BCUT2D eigenvalue weighted by Gasteiger charge is 2.13. The summed E-state index contributed by atoms with van der Waals surface area (Å²) in [6.07, 6.45) is 1.22. The minimum absolute atomic E-state index is 0.0402. The average molecular weight is 259 g/mol. The molecule has 0 aromatic carbocycles. The van der Waals surface area contributed by atoms with Gasteiger partial charge in [0.1, 0.15) is 12.2 Å². The fourth-order valence-electron chi connectivity index (χ4n) is 1.42. The molecule has 0 saturated heterocycles. The van der Waals surface area contributed by atoms with E-state index in [-0.39, 0.29) is 23.3 Å². The van der Waals surface area contributed by atoms with Crippen molar-refractivity contribution in [2.45, 2.75) is 20.4 Å². The summed E-state index contributed by atoms with van der Waals surface area (Å²) in [5.74, 6) is -0.152. The van der Waals surface area contributed by atoms with Crippen molar-refractivity contribution in [2.75, 3.05) is 18.8 Å². The Morgan fingerprint density at radius 1 is 1.53 bits per heavy atom. The zero-order chi connectivity index (χ0) is 13.0. The number of carbonyl (C=O) groups excluding carboxylic acids is 1. The van der Waals surface area contributed by atoms with Gasteiger partial charge in [-0.1, -0.05) is 11.6 Å². The standard InChI is InChI=1S/C10H15ClN4O2/c1-3-14(4-2)7(16)5-15-6-13-9(11)8(12)10(15)17/h6H,3-5,12H2,1-2H3. The molecule has 0 unspecified atom stereocenters. The van der Waals surface area contributed by atoms with E-state index in [4.69, 9.17) is 17.3 Å². The van der Waals surface area contributed by atoms with Gasteiger partial charge < -0.3 is 10.6 Å². The fraction of sp³-hybridized carbons (Fsp3) is 0.500. The molecular weight excluding hydrogens is 244 g/mol. The molecule has 0 aliphatic heterocycles. The average Bonchev–Trinajstić information content (AvgIpc) is 2.31. The zero-order valence-corrected chi connectivity index (χ0v) is 10.6. The number of aromatic nitrogens is 2. The number of hydrogen-bond donors (Lipinski definition) is 1. The molecular formula is C10H15ClN4O2. The molecule has 17 heavy (non-hydrogen) atoms. The Balaban J connectivity index is 2.93. The number of anilines is 1. The van der Waals surface area contributed by atoms with Gasteiger partial charge in [-0.2, -0.15) is 0 Å². The molecule has 2 N–H and O–H groups in total. The minimum Gasteiger partial charge on any atom is -0.392 e. The van der Waals surface area contributed by atoms with Gasteiger partial charge in [-0.15, -0.1) is 0 Å². The van der Waals surface area contributed by atoms with Crippen molar-refractivity contribution < 1.29 is 4.79 Å². The normalized spacial score (nSPS) is 10.3. The van der Waals surface area contributed by atoms with E-state index in [1.807, 2.05) is 13.8 Å². The molecule has 0 bridgehead atoms. The Labute approximate surface area is 104 Å². The van der Waals surface area contributed by atoms with Crippen molar-refractivity contribution >= 4 is 23.2 Å². The lowest BCUT2D eigenvalue weighted by Crippen LogP contribution is -2.36. The Bertz CT molecular complexity index is 468. The summed E-state index contributed by atoms with van der Waals surface area (Å²) in [7, 11) is 0. The predicted molar refractivity (Wildman–Crippen MR) is 65.8 cm³/mol. The van der Waals surface area contributed by atoms with Gasteiger partial charge in [-0.05, 0) is 13.8 Å². The Kier molecular flexibility index (Phi) is 4.51. The lowest BCUT2D eigenvalue weighted by Gasteiger charge is -2.19. The number of nitrogen functional groups attached to an aromatic ring is 1. The lowest BCUT2D eigenvalue weighted by molar-refractivity contribution is -0.131. The second-order valence-electron chi connectivity index (χ2n) is 3.45. The Morgan fingerprint density at radius 2 is 2.12 bits per heavy atom. The molecule has 1 aromatic rings. The first-order valence-corrected chi connectivity index (χ1v) is 5.67. The van der Waals surface area contributed by atoms with E-state index in [0.717, 1.165) is 4.57 Å². The second-order valence-corrected chi connectivity index (χ2v) is 3.81. The molecule has 0 radical (unpaired) electrons. The molecule has 1 aromatic heterocycles. The first-order valence-electron chi connectivity index (χ1n) is 5.29. The molecule has 0 aliphatic rings. The third-order valence-corrected chi connectivity index (χ3v) is 2.75. The van der Waals surface area contributed by atoms with Gasteiger partial charge in [-0.3, -0.25) is 14.2 Å². The van der Waals surface area contributed by atoms with Crippen LogP contribution in [0.1, 0.15) is 13.8 Å². The van der Waals surface area contributed by atoms with Crippen molar-refractivity contribution in [2.24, 2.45) is 0 Å². The maximum absolute atomic E-state index is 11.8. The Hall–Kier alpha value is -1.56. The molecule has 1 amide bonds. The van der Waals surface area contributed by atoms with E-state index in [1.54, 1.807) is 4.90 Å². The van der Waals surface area contributed by atoms with Gasteiger partial charge in [0.2, 0.25) is 5.91 Å². The molecule has 1 heterocycles. The van der Waals surface area contributed by atoms with E-state index in [1.165, 1.54) is 6.33 Å². The molecule has 94 valence electrons. The maximum Gasteiger partial charge on any atom is 0.278 e. The largest absolute Gasteiger partial charge is 0.392 e. The van der Waals surface area contributed by atoms with E-state index in [2.05, 4.69) is 4.98 Å². The number of likely N-dealkylation sites (N-methyl/N-ethyl adjacent to an activating group) is 1. The molecule has 6 nitrogen and oxygen atoms in total. The highest BCUT2D eigenvalue weighted by molar-refractivity contribution is 6.31. The van der Waals surface area contributed by atoms with Crippen LogP contribution in [0.15, 0.2) is 11.1 Å². The third kappa shape index (κ3) is 2.97. The van der Waals surface area contributed by atoms with E-state index in [9.17, 15) is 9.59 Å². The summed E-state index contributed by atoms with van der Waals surface area (Å²) in [5.41, 5.74) is 4.81. The number of carbonyl (C=O) groups is 1. The van der Waals surface area contributed by atoms with E-state index in [0.29, 0.717) is 13.1 Å². The number of nitrogens with two attached hydrogens (primary N) is 1. The van der Waals surface area contributed by atoms with Crippen molar-refractivity contribution in [3.05, 3.63) is 21.8 Å². The van der Waals surface area contributed by atoms with Gasteiger partial charge in [-0.25, -0.2) is 4.98 Å². The molecule has 0 spiro atoms. The van der Waals surface area contributed by atoms with Crippen LogP contribution in [0.25, 0.3) is 0 Å². The first-order chi connectivity index (χ1) is 8.01. The highest BCUT2D eigenvalue weighted by atomic mass is 35.5. The molecule has 0 fully saturated rings. The lowest BCUT2D eigenvalue weighted by atomic mass is 10.4. The summed E-state index contributed by atoms with van der Waals surface area (Å²) in [6, 6.07) is 0. The van der Waals surface area contributed by atoms with E-state index >= 15 is 0 Å². The van der Waals surface area contributed by atoms with Crippen LogP contribution in [0.4, 0.5) is 5.69 Å². The second kappa shape index (κ2) is 5.67. The molecule has 0 saturated carbocycles. The van der Waals surface area contributed by atoms with E-state index < -0.39 is 5.56 Å². The van der Waals surface area contributed by atoms with Crippen LogP contribution in [0.5, 0.6) is 0 Å². The topological polar surface area (TPSA) is 81.2 Å². The quantitative estimate of drug-likeness (QED) is 0.790. The minimum atomic E-state index is -0.495. The summed E-state index contributed by atoms with van der Waals surface area (Å²) >= 11 is 5.59. The summed E-state index contributed by atoms with van der Waals surface area (Å²) < 4.78 is 1.15. The molecule has 1 rings (SSSR count). The molecule has 0 aliphatic carbocycles. The number of hydrogen-bond acceptors (Lipinski definition) is 4. The van der Waals surface area contributed by atoms with Crippen molar-refractivity contribution in [3.8, 4) is 0 Å². The van der Waals surface area contributed by atoms with Gasteiger partial charge in [0, 0.05) is 13.1 Å². The summed E-state index contributed by atoms with van der Waals surface area (Å²) in [4.78, 5) is 28.8. The van der Waals surface area contributed by atoms with Crippen LogP contribution < -0.4 is 11.3 Å².